The standard InChI is InChI=1S/C24H24N4O4/c1-14-19(15(2)27(3)26-14)22(29)20-21(17-7-9-18(32-4)10-8-17)28(24(31)23(20)30)13-16-6-5-11-25-12-16/h5-12,21,29H,13H2,1-4H3/t21-/m0/s1. The number of ketones is 1. The fourth-order valence-electron chi connectivity index (χ4n) is 4.12. The van der Waals surface area contributed by atoms with Crippen LogP contribution in [0.25, 0.3) is 5.76 Å². The molecule has 3 aromatic rings. The maximum absolute atomic E-state index is 13.2. The predicted octanol–water partition coefficient (Wildman–Crippen LogP) is 3.06. The third kappa shape index (κ3) is 3.53. The molecular weight excluding hydrogens is 408 g/mol. The zero-order valence-corrected chi connectivity index (χ0v) is 18.4. The number of Topliss-reactive ketones (excluding diaryl/α,β-unsaturated/α-hetero) is 1. The number of ether oxygens (including phenoxy) is 1. The SMILES string of the molecule is COc1ccc([C@H]2C(=C(O)c3c(C)nn(C)c3C)C(=O)C(=O)N2Cc2cccnc2)cc1. The van der Waals surface area contributed by atoms with Crippen LogP contribution < -0.4 is 4.74 Å². The molecule has 1 aliphatic rings. The molecule has 1 N–H and O–H groups in total. The zero-order valence-electron chi connectivity index (χ0n) is 18.4. The van der Waals surface area contributed by atoms with Crippen molar-refractivity contribution in [3.63, 3.8) is 0 Å². The molecule has 4 rings (SSSR count). The molecule has 1 fully saturated rings. The van der Waals surface area contributed by atoms with Crippen molar-refractivity contribution < 1.29 is 19.4 Å². The lowest BCUT2D eigenvalue weighted by atomic mass is 9.94. The lowest BCUT2D eigenvalue weighted by Crippen LogP contribution is -2.29. The van der Waals surface area contributed by atoms with Crippen LogP contribution in [0.2, 0.25) is 0 Å². The van der Waals surface area contributed by atoms with Gasteiger partial charge in [-0.3, -0.25) is 19.3 Å². The molecule has 8 heteroatoms. The Hall–Kier alpha value is -3.94. The van der Waals surface area contributed by atoms with E-state index in [4.69, 9.17) is 4.74 Å². The minimum Gasteiger partial charge on any atom is -0.507 e. The number of likely N-dealkylation sites (tertiary alicyclic amines) is 1. The molecule has 3 heterocycles. The summed E-state index contributed by atoms with van der Waals surface area (Å²) < 4.78 is 6.88. The van der Waals surface area contributed by atoms with Crippen LogP contribution in [0.4, 0.5) is 0 Å². The summed E-state index contributed by atoms with van der Waals surface area (Å²) in [6.45, 7) is 3.75. The third-order valence-corrected chi connectivity index (χ3v) is 5.79. The van der Waals surface area contributed by atoms with Gasteiger partial charge in [0.2, 0.25) is 0 Å². The minimum absolute atomic E-state index is 0.0447. The van der Waals surface area contributed by atoms with Gasteiger partial charge >= 0.3 is 0 Å². The van der Waals surface area contributed by atoms with E-state index in [9.17, 15) is 14.7 Å². The highest BCUT2D eigenvalue weighted by Crippen LogP contribution is 2.41. The average Bonchev–Trinajstić information content (AvgIpc) is 3.20. The first-order valence-corrected chi connectivity index (χ1v) is 10.1. The van der Waals surface area contributed by atoms with Crippen molar-refractivity contribution in [3.8, 4) is 5.75 Å². The number of benzene rings is 1. The molecule has 0 unspecified atom stereocenters. The summed E-state index contributed by atoms with van der Waals surface area (Å²) in [6, 6.07) is 9.97. The smallest absolute Gasteiger partial charge is 0.295 e. The molecule has 1 saturated heterocycles. The van der Waals surface area contributed by atoms with Crippen molar-refractivity contribution >= 4 is 17.4 Å². The molecule has 0 spiro atoms. The fourth-order valence-corrected chi connectivity index (χ4v) is 4.12. The van der Waals surface area contributed by atoms with Crippen LogP contribution in [-0.4, -0.2) is 43.6 Å². The summed E-state index contributed by atoms with van der Waals surface area (Å²) >= 11 is 0. The van der Waals surface area contributed by atoms with Crippen molar-refractivity contribution in [1.29, 1.82) is 0 Å². The molecule has 1 amide bonds. The first kappa shape index (κ1) is 21.3. The number of carbonyl (C=O) groups is 2. The Morgan fingerprint density at radius 3 is 2.44 bits per heavy atom. The lowest BCUT2D eigenvalue weighted by Gasteiger charge is -2.25. The number of aromatic nitrogens is 3. The van der Waals surface area contributed by atoms with Crippen molar-refractivity contribution in [2.75, 3.05) is 7.11 Å². The van der Waals surface area contributed by atoms with E-state index in [1.54, 1.807) is 68.5 Å². The van der Waals surface area contributed by atoms with Gasteiger partial charge in [-0.15, -0.1) is 0 Å². The van der Waals surface area contributed by atoms with E-state index in [0.29, 0.717) is 28.3 Å². The van der Waals surface area contributed by atoms with Crippen LogP contribution in [0, 0.1) is 13.8 Å². The number of amides is 1. The molecule has 32 heavy (non-hydrogen) atoms. The number of carbonyl (C=O) groups excluding carboxylic acids is 2. The van der Waals surface area contributed by atoms with E-state index in [1.165, 1.54) is 4.90 Å². The predicted molar refractivity (Wildman–Crippen MR) is 118 cm³/mol. The summed E-state index contributed by atoms with van der Waals surface area (Å²) in [7, 11) is 3.33. The van der Waals surface area contributed by atoms with Gasteiger partial charge < -0.3 is 14.7 Å². The number of pyridine rings is 1. The van der Waals surface area contributed by atoms with Crippen LogP contribution in [-0.2, 0) is 23.2 Å². The zero-order chi connectivity index (χ0) is 23.0. The highest BCUT2D eigenvalue weighted by atomic mass is 16.5. The average molecular weight is 432 g/mol. The van der Waals surface area contributed by atoms with Gasteiger partial charge in [0.05, 0.1) is 30.0 Å². The van der Waals surface area contributed by atoms with Crippen LogP contribution >= 0.6 is 0 Å². The Morgan fingerprint density at radius 2 is 1.88 bits per heavy atom. The quantitative estimate of drug-likeness (QED) is 0.378. The minimum atomic E-state index is -0.764. The van der Waals surface area contributed by atoms with Gasteiger partial charge in [-0.2, -0.15) is 5.10 Å². The number of hydrogen-bond acceptors (Lipinski definition) is 6. The summed E-state index contributed by atoms with van der Waals surface area (Å²) in [5.41, 5.74) is 3.26. The number of aliphatic hydroxyl groups excluding tert-OH is 1. The van der Waals surface area contributed by atoms with Crippen LogP contribution in [0.1, 0.15) is 34.1 Å². The van der Waals surface area contributed by atoms with Crippen molar-refractivity contribution in [2.24, 2.45) is 7.05 Å². The highest BCUT2D eigenvalue weighted by Gasteiger charge is 2.46. The lowest BCUT2D eigenvalue weighted by molar-refractivity contribution is -0.140. The second-order valence-electron chi connectivity index (χ2n) is 7.73. The van der Waals surface area contributed by atoms with Gasteiger partial charge in [-0.1, -0.05) is 18.2 Å². The van der Waals surface area contributed by atoms with E-state index in [2.05, 4.69) is 10.1 Å². The molecule has 0 radical (unpaired) electrons. The Morgan fingerprint density at radius 1 is 1.16 bits per heavy atom. The van der Waals surface area contributed by atoms with E-state index >= 15 is 0 Å². The molecule has 1 aliphatic heterocycles. The first-order valence-electron chi connectivity index (χ1n) is 10.1. The Bertz CT molecular complexity index is 1210. The molecule has 2 aromatic heterocycles. The van der Waals surface area contributed by atoms with Crippen molar-refractivity contribution in [1.82, 2.24) is 19.7 Å². The molecule has 0 bridgehead atoms. The number of methoxy groups -OCH3 is 1. The highest BCUT2D eigenvalue weighted by molar-refractivity contribution is 6.46. The summed E-state index contributed by atoms with van der Waals surface area (Å²) in [4.78, 5) is 31.9. The van der Waals surface area contributed by atoms with Gasteiger partial charge in [-0.25, -0.2) is 0 Å². The van der Waals surface area contributed by atoms with Crippen LogP contribution in [0.15, 0.2) is 54.4 Å². The summed E-state index contributed by atoms with van der Waals surface area (Å²) in [5, 5.41) is 15.6. The number of aryl methyl sites for hydroxylation is 2. The van der Waals surface area contributed by atoms with E-state index < -0.39 is 17.7 Å². The van der Waals surface area contributed by atoms with Crippen molar-refractivity contribution in [3.05, 3.63) is 82.4 Å². The van der Waals surface area contributed by atoms with E-state index in [0.717, 1.165) is 5.56 Å². The van der Waals surface area contributed by atoms with Crippen LogP contribution in [0.5, 0.6) is 5.75 Å². The van der Waals surface area contributed by atoms with Gasteiger partial charge in [0.1, 0.15) is 11.5 Å². The Kier molecular flexibility index (Phi) is 5.52. The van der Waals surface area contributed by atoms with Gasteiger partial charge in [0.25, 0.3) is 11.7 Å². The third-order valence-electron chi connectivity index (χ3n) is 5.79. The number of aliphatic hydroxyl groups is 1. The first-order chi connectivity index (χ1) is 15.3. The van der Waals surface area contributed by atoms with Crippen molar-refractivity contribution in [2.45, 2.75) is 26.4 Å². The van der Waals surface area contributed by atoms with Gasteiger partial charge in [-0.05, 0) is 43.2 Å². The normalized spacial score (nSPS) is 17.8. The van der Waals surface area contributed by atoms with Crippen LogP contribution in [0.3, 0.4) is 0 Å². The second-order valence-corrected chi connectivity index (χ2v) is 7.73. The molecule has 1 atom stereocenters. The molecular formula is C24H24N4O4. The molecule has 1 aromatic carbocycles. The molecule has 0 saturated carbocycles. The largest absolute Gasteiger partial charge is 0.507 e. The Labute approximate surface area is 185 Å². The number of nitrogens with zero attached hydrogens (tertiary/aromatic N) is 4. The second kappa shape index (κ2) is 8.30. The maximum Gasteiger partial charge on any atom is 0.295 e. The van der Waals surface area contributed by atoms with E-state index in [-0.39, 0.29) is 17.9 Å². The number of hydrogen-bond donors (Lipinski definition) is 1. The fraction of sp³-hybridized carbons (Fsp3) is 0.250. The summed E-state index contributed by atoms with van der Waals surface area (Å²) in [6.07, 6.45) is 3.30. The van der Waals surface area contributed by atoms with Gasteiger partial charge in [0, 0.05) is 31.7 Å². The van der Waals surface area contributed by atoms with Gasteiger partial charge in [0.15, 0.2) is 0 Å². The molecule has 164 valence electrons. The number of rotatable bonds is 5. The Balaban J connectivity index is 1.90. The molecule has 8 nitrogen and oxygen atoms in total. The topological polar surface area (TPSA) is 97.5 Å². The molecule has 0 aliphatic carbocycles. The summed E-state index contributed by atoms with van der Waals surface area (Å²) in [5.74, 6) is -0.969. The maximum atomic E-state index is 13.2. The van der Waals surface area contributed by atoms with E-state index in [1.807, 2.05) is 13.0 Å². The monoisotopic (exact) mass is 432 g/mol.